The monoisotopic (exact) mass is 309 g/mol. The number of nitrogens with zero attached hydrogens (tertiary/aromatic N) is 2. The van der Waals surface area contributed by atoms with E-state index in [1.54, 1.807) is 6.07 Å². The Hall–Kier alpha value is -1.33. The van der Waals surface area contributed by atoms with Crippen LogP contribution in [-0.4, -0.2) is 14.9 Å². The van der Waals surface area contributed by atoms with Crippen LogP contribution in [0.3, 0.4) is 0 Å². The van der Waals surface area contributed by atoms with Gasteiger partial charge in [-0.15, -0.1) is 0 Å². The van der Waals surface area contributed by atoms with Crippen LogP contribution in [0.1, 0.15) is 16.8 Å². The molecule has 0 amide bonds. The molecule has 0 aliphatic carbocycles. The lowest BCUT2D eigenvalue weighted by atomic mass is 10.2. The van der Waals surface area contributed by atoms with Crippen LogP contribution in [0.5, 0.6) is 5.75 Å². The highest BCUT2D eigenvalue weighted by Crippen LogP contribution is 2.24. The number of nitrogens with one attached hydrogen (secondary N) is 1. The predicted octanol–water partition coefficient (Wildman–Crippen LogP) is 2.49. The molecular formula is C13H16BrN3O. The van der Waals surface area contributed by atoms with Gasteiger partial charge < -0.3 is 10.4 Å². The van der Waals surface area contributed by atoms with Gasteiger partial charge in [0, 0.05) is 31.9 Å². The fourth-order valence-electron chi connectivity index (χ4n) is 1.82. The molecule has 0 spiro atoms. The molecule has 2 rings (SSSR count). The van der Waals surface area contributed by atoms with Crippen molar-refractivity contribution < 1.29 is 5.11 Å². The first kappa shape index (κ1) is 13.1. The van der Waals surface area contributed by atoms with Gasteiger partial charge in [0.1, 0.15) is 5.75 Å². The van der Waals surface area contributed by atoms with Gasteiger partial charge in [0.2, 0.25) is 0 Å². The standard InChI is InChI=1S/C13H16BrN3O/c1-9-11(8-17(2)16-9)7-15-6-10-3-4-13(18)12(14)5-10/h3-5,8,15,18H,6-7H2,1-2H3. The molecule has 2 aromatic rings. The van der Waals surface area contributed by atoms with Crippen LogP contribution < -0.4 is 5.32 Å². The Morgan fingerprint density at radius 2 is 2.17 bits per heavy atom. The van der Waals surface area contributed by atoms with E-state index in [1.165, 1.54) is 5.56 Å². The Labute approximate surface area is 115 Å². The van der Waals surface area contributed by atoms with Crippen molar-refractivity contribution in [1.82, 2.24) is 15.1 Å². The van der Waals surface area contributed by atoms with Gasteiger partial charge in [-0.1, -0.05) is 6.07 Å². The summed E-state index contributed by atoms with van der Waals surface area (Å²) in [7, 11) is 1.92. The molecular weight excluding hydrogens is 294 g/mol. The van der Waals surface area contributed by atoms with Gasteiger partial charge in [-0.3, -0.25) is 4.68 Å². The maximum absolute atomic E-state index is 9.41. The quantitative estimate of drug-likeness (QED) is 0.912. The summed E-state index contributed by atoms with van der Waals surface area (Å²) in [5, 5.41) is 17.1. The summed E-state index contributed by atoms with van der Waals surface area (Å²) in [5.41, 5.74) is 3.38. The molecule has 0 saturated heterocycles. The lowest BCUT2D eigenvalue weighted by molar-refractivity contribution is 0.471. The van der Waals surface area contributed by atoms with Crippen molar-refractivity contribution in [2.45, 2.75) is 20.0 Å². The second kappa shape index (κ2) is 5.54. The summed E-state index contributed by atoms with van der Waals surface area (Å²) < 4.78 is 2.54. The van der Waals surface area contributed by atoms with Crippen LogP contribution in [0.2, 0.25) is 0 Å². The zero-order chi connectivity index (χ0) is 13.1. The Bertz CT molecular complexity index is 551. The van der Waals surface area contributed by atoms with Crippen molar-refractivity contribution in [2.75, 3.05) is 0 Å². The molecule has 1 heterocycles. The van der Waals surface area contributed by atoms with Crippen molar-refractivity contribution in [3.05, 3.63) is 45.7 Å². The van der Waals surface area contributed by atoms with Crippen molar-refractivity contribution in [2.24, 2.45) is 7.05 Å². The Kier molecular flexibility index (Phi) is 4.04. The normalized spacial score (nSPS) is 10.8. The van der Waals surface area contributed by atoms with E-state index in [4.69, 9.17) is 0 Å². The van der Waals surface area contributed by atoms with Crippen LogP contribution >= 0.6 is 15.9 Å². The minimum absolute atomic E-state index is 0.266. The van der Waals surface area contributed by atoms with Gasteiger partial charge in [-0.05, 0) is 40.5 Å². The molecule has 0 radical (unpaired) electrons. The van der Waals surface area contributed by atoms with E-state index in [0.29, 0.717) is 0 Å². The summed E-state index contributed by atoms with van der Waals surface area (Å²) >= 11 is 3.31. The van der Waals surface area contributed by atoms with Crippen molar-refractivity contribution in [3.63, 3.8) is 0 Å². The summed E-state index contributed by atoms with van der Waals surface area (Å²) in [6.45, 7) is 3.56. The number of hydrogen-bond donors (Lipinski definition) is 2. The first-order chi connectivity index (χ1) is 8.56. The number of benzene rings is 1. The summed E-state index contributed by atoms with van der Waals surface area (Å²) in [4.78, 5) is 0. The number of aromatic hydroxyl groups is 1. The first-order valence-electron chi connectivity index (χ1n) is 5.73. The highest BCUT2D eigenvalue weighted by atomic mass is 79.9. The molecule has 0 atom stereocenters. The highest BCUT2D eigenvalue weighted by Gasteiger charge is 2.03. The number of rotatable bonds is 4. The van der Waals surface area contributed by atoms with E-state index in [-0.39, 0.29) is 5.75 Å². The number of hydrogen-bond acceptors (Lipinski definition) is 3. The topological polar surface area (TPSA) is 50.1 Å². The Morgan fingerprint density at radius 3 is 2.78 bits per heavy atom. The predicted molar refractivity (Wildman–Crippen MR) is 74.3 cm³/mol. The molecule has 0 saturated carbocycles. The second-order valence-corrected chi connectivity index (χ2v) is 5.16. The number of phenolic OH excluding ortho intramolecular Hbond substituents is 1. The van der Waals surface area contributed by atoms with Crippen LogP contribution in [0.15, 0.2) is 28.9 Å². The van der Waals surface area contributed by atoms with Crippen LogP contribution in [0.25, 0.3) is 0 Å². The lowest BCUT2D eigenvalue weighted by Crippen LogP contribution is -2.12. The number of aryl methyl sites for hydroxylation is 2. The zero-order valence-corrected chi connectivity index (χ0v) is 12.0. The van der Waals surface area contributed by atoms with Gasteiger partial charge in [0.05, 0.1) is 10.2 Å². The van der Waals surface area contributed by atoms with Gasteiger partial charge >= 0.3 is 0 Å². The van der Waals surface area contributed by atoms with Crippen molar-refractivity contribution >= 4 is 15.9 Å². The number of phenols is 1. The number of aromatic nitrogens is 2. The van der Waals surface area contributed by atoms with Crippen molar-refractivity contribution in [3.8, 4) is 5.75 Å². The molecule has 0 aliphatic heterocycles. The van der Waals surface area contributed by atoms with Gasteiger partial charge in [0.25, 0.3) is 0 Å². The van der Waals surface area contributed by atoms with Crippen LogP contribution in [-0.2, 0) is 20.1 Å². The van der Waals surface area contributed by atoms with Crippen LogP contribution in [0.4, 0.5) is 0 Å². The second-order valence-electron chi connectivity index (χ2n) is 4.30. The molecule has 5 heteroatoms. The molecule has 0 aliphatic rings. The van der Waals surface area contributed by atoms with Gasteiger partial charge in [-0.2, -0.15) is 5.10 Å². The molecule has 2 N–H and O–H groups in total. The highest BCUT2D eigenvalue weighted by molar-refractivity contribution is 9.10. The minimum Gasteiger partial charge on any atom is -0.507 e. The fraction of sp³-hybridized carbons (Fsp3) is 0.308. The lowest BCUT2D eigenvalue weighted by Gasteiger charge is -2.05. The largest absolute Gasteiger partial charge is 0.507 e. The van der Waals surface area contributed by atoms with Crippen LogP contribution in [0, 0.1) is 6.92 Å². The van der Waals surface area contributed by atoms with E-state index in [2.05, 4.69) is 26.3 Å². The molecule has 0 unspecified atom stereocenters. The first-order valence-corrected chi connectivity index (χ1v) is 6.53. The summed E-state index contributed by atoms with van der Waals surface area (Å²) in [6.07, 6.45) is 2.02. The summed E-state index contributed by atoms with van der Waals surface area (Å²) in [6, 6.07) is 5.51. The van der Waals surface area contributed by atoms with E-state index in [9.17, 15) is 5.11 Å². The van der Waals surface area contributed by atoms with Crippen molar-refractivity contribution in [1.29, 1.82) is 0 Å². The molecule has 1 aromatic heterocycles. The summed E-state index contributed by atoms with van der Waals surface area (Å²) in [5.74, 6) is 0.266. The number of halogens is 1. The molecule has 96 valence electrons. The third-order valence-electron chi connectivity index (χ3n) is 2.77. The zero-order valence-electron chi connectivity index (χ0n) is 10.4. The smallest absolute Gasteiger partial charge is 0.129 e. The average molecular weight is 310 g/mol. The molecule has 4 nitrogen and oxygen atoms in total. The van der Waals surface area contributed by atoms with E-state index in [0.717, 1.165) is 28.8 Å². The van der Waals surface area contributed by atoms with Gasteiger partial charge in [0.15, 0.2) is 0 Å². The molecule has 18 heavy (non-hydrogen) atoms. The Balaban J connectivity index is 1.92. The average Bonchev–Trinajstić information content (AvgIpc) is 2.63. The fourth-order valence-corrected chi connectivity index (χ4v) is 2.25. The van der Waals surface area contributed by atoms with E-state index >= 15 is 0 Å². The molecule has 0 bridgehead atoms. The van der Waals surface area contributed by atoms with Gasteiger partial charge in [-0.25, -0.2) is 0 Å². The molecule has 0 fully saturated rings. The maximum atomic E-state index is 9.41. The molecule has 1 aromatic carbocycles. The minimum atomic E-state index is 0.266. The maximum Gasteiger partial charge on any atom is 0.129 e. The van der Waals surface area contributed by atoms with E-state index < -0.39 is 0 Å². The third kappa shape index (κ3) is 3.11. The van der Waals surface area contributed by atoms with E-state index in [1.807, 2.05) is 37.0 Å². The third-order valence-corrected chi connectivity index (χ3v) is 3.41. The SMILES string of the molecule is Cc1nn(C)cc1CNCc1ccc(O)c(Br)c1. The Morgan fingerprint density at radius 1 is 1.39 bits per heavy atom.